The summed E-state index contributed by atoms with van der Waals surface area (Å²) in [5.74, 6) is -0.495. The number of rotatable bonds is 4. The van der Waals surface area contributed by atoms with E-state index in [1.807, 2.05) is 0 Å². The summed E-state index contributed by atoms with van der Waals surface area (Å²) in [5, 5.41) is 11.3. The minimum atomic E-state index is -0.455. The van der Waals surface area contributed by atoms with Crippen molar-refractivity contribution in [3.8, 4) is 0 Å². The van der Waals surface area contributed by atoms with E-state index < -0.39 is 4.92 Å². The second kappa shape index (κ2) is 8.02. The van der Waals surface area contributed by atoms with Gasteiger partial charge >= 0.3 is 0 Å². The first kappa shape index (κ1) is 19.3. The van der Waals surface area contributed by atoms with Gasteiger partial charge in [0, 0.05) is 54.9 Å². The molecule has 2 aromatic carbocycles. The number of nitrogens with zero attached hydrogens (tertiary/aromatic N) is 3. The van der Waals surface area contributed by atoms with Crippen molar-refractivity contribution in [1.82, 2.24) is 9.80 Å². The molecule has 0 bridgehead atoms. The van der Waals surface area contributed by atoms with Crippen molar-refractivity contribution in [2.45, 2.75) is 13.5 Å². The second-order valence-electron chi connectivity index (χ2n) is 6.56. The zero-order valence-corrected chi connectivity index (χ0v) is 15.6. The molecule has 0 aliphatic carbocycles. The van der Waals surface area contributed by atoms with Gasteiger partial charge in [0.15, 0.2) is 0 Å². The van der Waals surface area contributed by atoms with Gasteiger partial charge in [0.25, 0.3) is 11.6 Å². The molecule has 0 N–H and O–H groups in total. The third-order valence-corrected chi connectivity index (χ3v) is 5.06. The van der Waals surface area contributed by atoms with Crippen molar-refractivity contribution in [1.29, 1.82) is 0 Å². The molecule has 6 nitrogen and oxygen atoms in total. The van der Waals surface area contributed by atoms with Crippen molar-refractivity contribution in [2.75, 3.05) is 26.2 Å². The number of nitro groups is 1. The van der Waals surface area contributed by atoms with Gasteiger partial charge in [0.1, 0.15) is 5.82 Å². The zero-order valence-electron chi connectivity index (χ0n) is 14.8. The minimum absolute atomic E-state index is 0.00699. The lowest BCUT2D eigenvalue weighted by molar-refractivity contribution is -0.385. The third-order valence-electron chi connectivity index (χ3n) is 4.71. The smallest absolute Gasteiger partial charge is 0.272 e. The fourth-order valence-electron chi connectivity index (χ4n) is 3.18. The van der Waals surface area contributed by atoms with Crippen molar-refractivity contribution in [3.05, 3.63) is 74.0 Å². The number of halogens is 2. The van der Waals surface area contributed by atoms with Gasteiger partial charge in [-0.05, 0) is 36.8 Å². The summed E-state index contributed by atoms with van der Waals surface area (Å²) < 4.78 is 13.1. The van der Waals surface area contributed by atoms with Crippen LogP contribution < -0.4 is 0 Å². The van der Waals surface area contributed by atoms with E-state index in [2.05, 4.69) is 4.90 Å². The summed E-state index contributed by atoms with van der Waals surface area (Å²) in [6.07, 6.45) is 0. The molecule has 3 rings (SSSR count). The number of hydrogen-bond donors (Lipinski definition) is 0. The molecule has 1 aliphatic rings. The summed E-state index contributed by atoms with van der Waals surface area (Å²) in [5.41, 5.74) is 1.78. The van der Waals surface area contributed by atoms with E-state index in [4.69, 9.17) is 11.6 Å². The largest absolute Gasteiger partial charge is 0.336 e. The highest BCUT2D eigenvalue weighted by Gasteiger charge is 2.23. The van der Waals surface area contributed by atoms with Crippen molar-refractivity contribution in [2.24, 2.45) is 0 Å². The summed E-state index contributed by atoms with van der Waals surface area (Å²) in [6, 6.07) is 8.79. The molecule has 8 heteroatoms. The fraction of sp³-hybridized carbons (Fsp3) is 0.316. The van der Waals surface area contributed by atoms with Gasteiger partial charge in [-0.15, -0.1) is 0 Å². The maximum Gasteiger partial charge on any atom is 0.272 e. The normalized spacial score (nSPS) is 15.0. The first-order chi connectivity index (χ1) is 12.8. The van der Waals surface area contributed by atoms with Gasteiger partial charge < -0.3 is 4.90 Å². The van der Waals surface area contributed by atoms with Gasteiger partial charge in [-0.25, -0.2) is 4.39 Å². The first-order valence-electron chi connectivity index (χ1n) is 8.56. The fourth-order valence-corrected chi connectivity index (χ4v) is 3.40. The van der Waals surface area contributed by atoms with Crippen molar-refractivity contribution in [3.63, 3.8) is 0 Å². The molecule has 0 radical (unpaired) electrons. The summed E-state index contributed by atoms with van der Waals surface area (Å²) in [4.78, 5) is 27.0. The number of aryl methyl sites for hydroxylation is 1. The first-order valence-corrected chi connectivity index (χ1v) is 8.93. The Morgan fingerprint density at radius 1 is 1.19 bits per heavy atom. The lowest BCUT2D eigenvalue weighted by atomic mass is 10.1. The van der Waals surface area contributed by atoms with Crippen LogP contribution in [-0.4, -0.2) is 46.8 Å². The molecule has 0 atom stereocenters. The van der Waals surface area contributed by atoms with Gasteiger partial charge in [-0.1, -0.05) is 17.7 Å². The highest BCUT2D eigenvalue weighted by atomic mass is 35.5. The maximum atomic E-state index is 13.1. The van der Waals surface area contributed by atoms with Crippen LogP contribution in [0.2, 0.25) is 5.02 Å². The van der Waals surface area contributed by atoms with E-state index in [0.717, 1.165) is 5.56 Å². The van der Waals surface area contributed by atoms with Crippen molar-refractivity contribution < 1.29 is 14.1 Å². The van der Waals surface area contributed by atoms with E-state index >= 15 is 0 Å². The number of amides is 1. The predicted molar refractivity (Wildman–Crippen MR) is 100 cm³/mol. The molecule has 0 saturated carbocycles. The lowest BCUT2D eigenvalue weighted by Crippen LogP contribution is -2.48. The monoisotopic (exact) mass is 391 g/mol. The molecule has 0 spiro atoms. The van der Waals surface area contributed by atoms with Gasteiger partial charge in [0.2, 0.25) is 0 Å². The summed E-state index contributed by atoms with van der Waals surface area (Å²) in [6.45, 7) is 4.66. The van der Waals surface area contributed by atoms with Crippen LogP contribution in [0.1, 0.15) is 21.5 Å². The summed E-state index contributed by atoms with van der Waals surface area (Å²) in [7, 11) is 0. The Balaban J connectivity index is 1.61. The number of piperazine rings is 1. The number of benzene rings is 2. The van der Waals surface area contributed by atoms with E-state index in [1.165, 1.54) is 24.3 Å². The molecule has 0 unspecified atom stereocenters. The second-order valence-corrected chi connectivity index (χ2v) is 6.97. The Hall–Kier alpha value is -2.51. The predicted octanol–water partition coefficient (Wildman–Crippen LogP) is 3.65. The standard InChI is InChI=1S/C19H19ClFN3O3/c1-13-10-14(3-5-18(13)24(26)27)19(25)23-8-6-22(7-9-23)12-15-2-4-16(21)11-17(15)20/h2-5,10-11H,6-9,12H2,1H3. The average Bonchev–Trinajstić information content (AvgIpc) is 2.63. The Morgan fingerprint density at radius 2 is 1.89 bits per heavy atom. The van der Waals surface area contributed by atoms with Crippen LogP contribution in [0.15, 0.2) is 36.4 Å². The van der Waals surface area contributed by atoms with Gasteiger partial charge in [-0.2, -0.15) is 0 Å². The molecule has 27 heavy (non-hydrogen) atoms. The van der Waals surface area contributed by atoms with Crippen LogP contribution in [-0.2, 0) is 6.54 Å². The number of carbonyl (C=O) groups excluding carboxylic acids is 1. The van der Waals surface area contributed by atoms with Crippen LogP contribution in [0.25, 0.3) is 0 Å². The van der Waals surface area contributed by atoms with Gasteiger partial charge in [-0.3, -0.25) is 19.8 Å². The zero-order chi connectivity index (χ0) is 19.6. The van der Waals surface area contributed by atoms with Gasteiger partial charge in [0.05, 0.1) is 4.92 Å². The number of nitro benzene ring substituents is 1. The maximum absolute atomic E-state index is 13.1. The molecule has 142 valence electrons. The van der Waals surface area contributed by atoms with Crippen LogP contribution in [0.5, 0.6) is 0 Å². The molecular weight excluding hydrogens is 373 g/mol. The molecule has 2 aromatic rings. The average molecular weight is 392 g/mol. The van der Waals surface area contributed by atoms with E-state index in [0.29, 0.717) is 48.9 Å². The minimum Gasteiger partial charge on any atom is -0.336 e. The molecule has 1 heterocycles. The topological polar surface area (TPSA) is 66.7 Å². The molecule has 1 fully saturated rings. The Kier molecular flexibility index (Phi) is 5.72. The quantitative estimate of drug-likeness (QED) is 0.589. The molecular formula is C19H19ClFN3O3. The van der Waals surface area contributed by atoms with Crippen molar-refractivity contribution >= 4 is 23.2 Å². The highest BCUT2D eigenvalue weighted by Crippen LogP contribution is 2.22. The third kappa shape index (κ3) is 4.43. The van der Waals surface area contributed by atoms with Crippen LogP contribution in [0.4, 0.5) is 10.1 Å². The SMILES string of the molecule is Cc1cc(C(=O)N2CCN(Cc3ccc(F)cc3Cl)CC2)ccc1[N+](=O)[O-]. The van der Waals surface area contributed by atoms with Crippen LogP contribution in [0, 0.1) is 22.9 Å². The molecule has 0 aromatic heterocycles. The van der Waals surface area contributed by atoms with E-state index in [9.17, 15) is 19.3 Å². The summed E-state index contributed by atoms with van der Waals surface area (Å²) >= 11 is 6.08. The van der Waals surface area contributed by atoms with E-state index in [-0.39, 0.29) is 17.4 Å². The molecule has 1 amide bonds. The number of carbonyl (C=O) groups is 1. The Morgan fingerprint density at radius 3 is 2.48 bits per heavy atom. The lowest BCUT2D eigenvalue weighted by Gasteiger charge is -2.35. The Labute approximate surface area is 161 Å². The molecule has 1 aliphatic heterocycles. The van der Waals surface area contributed by atoms with E-state index in [1.54, 1.807) is 24.0 Å². The van der Waals surface area contributed by atoms with Crippen LogP contribution >= 0.6 is 11.6 Å². The Bertz CT molecular complexity index is 882. The highest BCUT2D eigenvalue weighted by molar-refractivity contribution is 6.31. The van der Waals surface area contributed by atoms with Crippen LogP contribution in [0.3, 0.4) is 0 Å². The molecule has 1 saturated heterocycles. The number of hydrogen-bond acceptors (Lipinski definition) is 4.